The molecule has 0 spiro atoms. The first-order chi connectivity index (χ1) is 9.98. The molecule has 0 radical (unpaired) electrons. The highest BCUT2D eigenvalue weighted by atomic mass is 127. The number of nitrogens with zero attached hydrogens (tertiary/aromatic N) is 1. The van der Waals surface area contributed by atoms with E-state index in [1.54, 1.807) is 16.4 Å². The predicted molar refractivity (Wildman–Crippen MR) is 93.2 cm³/mol. The molecule has 0 aliphatic carbocycles. The number of benzene rings is 2. The Morgan fingerprint density at radius 3 is 2.52 bits per heavy atom. The van der Waals surface area contributed by atoms with Crippen molar-refractivity contribution in [2.45, 2.75) is 24.7 Å². The Balaban J connectivity index is 2.07. The fourth-order valence-electron chi connectivity index (χ4n) is 2.67. The Hall–Kier alpha value is -1.08. The average Bonchev–Trinajstić information content (AvgIpc) is 2.46. The molecule has 1 aliphatic heterocycles. The van der Waals surface area contributed by atoms with Gasteiger partial charge in [-0.25, -0.2) is 8.42 Å². The van der Waals surface area contributed by atoms with Crippen LogP contribution in [-0.4, -0.2) is 15.0 Å². The number of sulfonamides is 1. The van der Waals surface area contributed by atoms with Crippen LogP contribution >= 0.6 is 22.6 Å². The van der Waals surface area contributed by atoms with Gasteiger partial charge in [-0.1, -0.05) is 17.7 Å². The number of aryl methyl sites for hydroxylation is 2. The minimum absolute atomic E-state index is 0.358. The number of hydrogen-bond acceptors (Lipinski definition) is 2. The summed E-state index contributed by atoms with van der Waals surface area (Å²) in [4.78, 5) is 0.358. The van der Waals surface area contributed by atoms with Crippen molar-refractivity contribution in [3.05, 3.63) is 57.2 Å². The molecule has 0 atom stereocenters. The van der Waals surface area contributed by atoms with Crippen LogP contribution in [0.2, 0.25) is 0 Å². The van der Waals surface area contributed by atoms with Crippen LogP contribution in [0.15, 0.2) is 47.4 Å². The monoisotopic (exact) mass is 413 g/mol. The fourth-order valence-corrected chi connectivity index (χ4v) is 4.58. The summed E-state index contributed by atoms with van der Waals surface area (Å²) in [5, 5.41) is 0. The molecule has 0 N–H and O–H groups in total. The van der Waals surface area contributed by atoms with Crippen LogP contribution in [0.3, 0.4) is 0 Å². The van der Waals surface area contributed by atoms with Crippen molar-refractivity contribution < 1.29 is 8.42 Å². The summed E-state index contributed by atoms with van der Waals surface area (Å²) in [5.74, 6) is 0. The first-order valence-corrected chi connectivity index (χ1v) is 9.38. The van der Waals surface area contributed by atoms with Gasteiger partial charge in [0.15, 0.2) is 0 Å². The van der Waals surface area contributed by atoms with E-state index in [4.69, 9.17) is 0 Å². The first-order valence-electron chi connectivity index (χ1n) is 6.86. The molecule has 0 unspecified atom stereocenters. The van der Waals surface area contributed by atoms with Crippen LogP contribution in [0.1, 0.15) is 17.5 Å². The van der Waals surface area contributed by atoms with Gasteiger partial charge in [0.25, 0.3) is 10.0 Å². The van der Waals surface area contributed by atoms with Gasteiger partial charge < -0.3 is 0 Å². The van der Waals surface area contributed by atoms with Gasteiger partial charge >= 0.3 is 0 Å². The number of anilines is 1. The molecule has 0 aromatic heterocycles. The van der Waals surface area contributed by atoms with Gasteiger partial charge in [-0.15, -0.1) is 0 Å². The molecule has 0 bridgehead atoms. The number of halogens is 1. The van der Waals surface area contributed by atoms with E-state index in [1.807, 2.05) is 31.2 Å². The quantitative estimate of drug-likeness (QED) is 0.704. The first kappa shape index (κ1) is 14.8. The van der Waals surface area contributed by atoms with Crippen LogP contribution in [-0.2, 0) is 16.4 Å². The van der Waals surface area contributed by atoms with Gasteiger partial charge in [0, 0.05) is 10.1 Å². The highest BCUT2D eigenvalue weighted by Crippen LogP contribution is 2.32. The fraction of sp³-hybridized carbons (Fsp3) is 0.250. The lowest BCUT2D eigenvalue weighted by Gasteiger charge is -2.30. The summed E-state index contributed by atoms with van der Waals surface area (Å²) in [6.07, 6.45) is 1.80. The predicted octanol–water partition coefficient (Wildman–Crippen LogP) is 3.74. The summed E-state index contributed by atoms with van der Waals surface area (Å²) >= 11 is 2.17. The molecular formula is C16H16INO2S. The molecule has 2 aromatic carbocycles. The number of hydrogen-bond donors (Lipinski definition) is 0. The highest BCUT2D eigenvalue weighted by molar-refractivity contribution is 14.1. The number of fused-ring (bicyclic) bond motifs is 1. The summed E-state index contributed by atoms with van der Waals surface area (Å²) in [5.41, 5.74) is 3.11. The van der Waals surface area contributed by atoms with E-state index in [1.165, 1.54) is 5.56 Å². The van der Waals surface area contributed by atoms with E-state index in [2.05, 4.69) is 28.7 Å². The van der Waals surface area contributed by atoms with Gasteiger partial charge in [-0.2, -0.15) is 0 Å². The highest BCUT2D eigenvalue weighted by Gasteiger charge is 2.28. The van der Waals surface area contributed by atoms with Crippen molar-refractivity contribution in [2.24, 2.45) is 0 Å². The lowest BCUT2D eigenvalue weighted by molar-refractivity contribution is 0.586. The molecule has 21 heavy (non-hydrogen) atoms. The smallest absolute Gasteiger partial charge is 0.264 e. The summed E-state index contributed by atoms with van der Waals surface area (Å²) in [6.45, 7) is 2.58. The molecule has 1 heterocycles. The molecule has 110 valence electrons. The maximum absolute atomic E-state index is 12.9. The standard InChI is InChI=1S/C16H16INO2S/c1-12-4-9-16-13(11-12)3-2-10-18(16)21(19,20)15-7-5-14(17)6-8-15/h4-9,11H,2-3,10H2,1H3. The minimum Gasteiger partial charge on any atom is -0.266 e. The topological polar surface area (TPSA) is 37.4 Å². The third-order valence-corrected chi connectivity index (χ3v) is 6.26. The van der Waals surface area contributed by atoms with Gasteiger partial charge in [0.05, 0.1) is 10.6 Å². The van der Waals surface area contributed by atoms with Crippen molar-refractivity contribution in [3.63, 3.8) is 0 Å². The summed E-state index contributed by atoms with van der Waals surface area (Å²) in [6, 6.07) is 13.0. The van der Waals surface area contributed by atoms with E-state index in [9.17, 15) is 8.42 Å². The zero-order chi connectivity index (χ0) is 15.0. The van der Waals surface area contributed by atoms with E-state index in [0.29, 0.717) is 11.4 Å². The second kappa shape index (κ2) is 5.61. The van der Waals surface area contributed by atoms with Crippen molar-refractivity contribution in [2.75, 3.05) is 10.8 Å². The van der Waals surface area contributed by atoms with Crippen molar-refractivity contribution in [1.82, 2.24) is 0 Å². The molecule has 0 fully saturated rings. The van der Waals surface area contributed by atoms with Crippen LogP contribution in [0.5, 0.6) is 0 Å². The Kier molecular flexibility index (Phi) is 3.96. The molecule has 5 heteroatoms. The molecule has 3 nitrogen and oxygen atoms in total. The lowest BCUT2D eigenvalue weighted by Crippen LogP contribution is -2.35. The van der Waals surface area contributed by atoms with Gasteiger partial charge in [0.1, 0.15) is 0 Å². The van der Waals surface area contributed by atoms with E-state index < -0.39 is 10.0 Å². The average molecular weight is 413 g/mol. The lowest BCUT2D eigenvalue weighted by atomic mass is 10.0. The molecule has 0 saturated heterocycles. The van der Waals surface area contributed by atoms with E-state index in [0.717, 1.165) is 27.7 Å². The zero-order valence-corrected chi connectivity index (χ0v) is 14.7. The molecule has 0 amide bonds. The van der Waals surface area contributed by atoms with E-state index >= 15 is 0 Å². The van der Waals surface area contributed by atoms with Crippen molar-refractivity contribution >= 4 is 38.3 Å². The molecule has 2 aromatic rings. The third-order valence-electron chi connectivity index (χ3n) is 3.71. The van der Waals surface area contributed by atoms with Crippen molar-refractivity contribution in [1.29, 1.82) is 0 Å². The molecular weight excluding hydrogens is 397 g/mol. The normalized spacial score (nSPS) is 14.9. The van der Waals surface area contributed by atoms with Crippen LogP contribution in [0.4, 0.5) is 5.69 Å². The Morgan fingerprint density at radius 1 is 1.10 bits per heavy atom. The third kappa shape index (κ3) is 2.81. The second-order valence-electron chi connectivity index (χ2n) is 5.27. The maximum Gasteiger partial charge on any atom is 0.264 e. The van der Waals surface area contributed by atoms with Gasteiger partial charge in [0.2, 0.25) is 0 Å². The molecule has 1 aliphatic rings. The molecule has 0 saturated carbocycles. The largest absolute Gasteiger partial charge is 0.266 e. The number of rotatable bonds is 2. The SMILES string of the molecule is Cc1ccc2c(c1)CCCN2S(=O)(=O)c1ccc(I)cc1. The zero-order valence-electron chi connectivity index (χ0n) is 11.7. The summed E-state index contributed by atoms with van der Waals surface area (Å²) < 4.78 is 28.3. The Bertz CT molecular complexity index is 769. The maximum atomic E-state index is 12.9. The Labute approximate surface area is 139 Å². The van der Waals surface area contributed by atoms with Gasteiger partial charge in [-0.3, -0.25) is 4.31 Å². The van der Waals surface area contributed by atoms with Gasteiger partial charge in [-0.05, 0) is 78.3 Å². The van der Waals surface area contributed by atoms with E-state index in [-0.39, 0.29) is 0 Å². The summed E-state index contributed by atoms with van der Waals surface area (Å²) in [7, 11) is -3.48. The minimum atomic E-state index is -3.48. The Morgan fingerprint density at radius 2 is 1.81 bits per heavy atom. The van der Waals surface area contributed by atoms with Crippen LogP contribution in [0.25, 0.3) is 0 Å². The molecule has 3 rings (SSSR count). The van der Waals surface area contributed by atoms with Crippen molar-refractivity contribution in [3.8, 4) is 0 Å². The second-order valence-corrected chi connectivity index (χ2v) is 8.37. The van der Waals surface area contributed by atoms with Crippen LogP contribution < -0.4 is 4.31 Å². The van der Waals surface area contributed by atoms with Crippen LogP contribution in [0, 0.1) is 10.5 Å².